The minimum Gasteiger partial charge on any atom is -0.504 e. The zero-order chi connectivity index (χ0) is 10.9. The van der Waals surface area contributed by atoms with Gasteiger partial charge in [-0.3, -0.25) is 4.68 Å². The molecule has 1 rings (SSSR count). The molecule has 0 fully saturated rings. The van der Waals surface area contributed by atoms with E-state index in [1.54, 1.807) is 0 Å². The standard InChI is InChI=1S/C11H20N2O/c1-6-8-9(14)10(11(3,4)5)12-13(8)7-2/h14H,6-7H2,1-5H3. The van der Waals surface area contributed by atoms with Gasteiger partial charge in [-0.1, -0.05) is 27.7 Å². The Balaban J connectivity index is 3.28. The number of hydrogen-bond donors (Lipinski definition) is 1. The van der Waals surface area contributed by atoms with E-state index in [0.29, 0.717) is 5.75 Å². The van der Waals surface area contributed by atoms with Gasteiger partial charge in [-0.15, -0.1) is 0 Å². The predicted octanol–water partition coefficient (Wildman–Crippen LogP) is 2.47. The lowest BCUT2D eigenvalue weighted by atomic mass is 9.91. The van der Waals surface area contributed by atoms with Gasteiger partial charge in [0.2, 0.25) is 0 Å². The van der Waals surface area contributed by atoms with Crippen molar-refractivity contribution in [2.75, 3.05) is 0 Å². The fourth-order valence-electron chi connectivity index (χ4n) is 1.60. The van der Waals surface area contributed by atoms with E-state index in [4.69, 9.17) is 0 Å². The van der Waals surface area contributed by atoms with Gasteiger partial charge in [0.15, 0.2) is 5.75 Å². The molecule has 0 aromatic carbocycles. The summed E-state index contributed by atoms with van der Waals surface area (Å²) in [5.41, 5.74) is 1.66. The summed E-state index contributed by atoms with van der Waals surface area (Å²) in [5.74, 6) is 0.377. The highest BCUT2D eigenvalue weighted by molar-refractivity contribution is 5.36. The van der Waals surface area contributed by atoms with Gasteiger partial charge in [-0.2, -0.15) is 5.10 Å². The van der Waals surface area contributed by atoms with Crippen LogP contribution in [0.25, 0.3) is 0 Å². The third-order valence-corrected chi connectivity index (χ3v) is 2.37. The Morgan fingerprint density at radius 3 is 2.14 bits per heavy atom. The van der Waals surface area contributed by atoms with Gasteiger partial charge < -0.3 is 5.11 Å². The molecule has 0 radical (unpaired) electrons. The third kappa shape index (κ3) is 1.76. The van der Waals surface area contributed by atoms with E-state index < -0.39 is 0 Å². The summed E-state index contributed by atoms with van der Waals surface area (Å²) in [4.78, 5) is 0. The smallest absolute Gasteiger partial charge is 0.160 e. The van der Waals surface area contributed by atoms with Crippen LogP contribution >= 0.6 is 0 Å². The van der Waals surface area contributed by atoms with E-state index in [0.717, 1.165) is 24.4 Å². The van der Waals surface area contributed by atoms with Crippen LogP contribution < -0.4 is 0 Å². The van der Waals surface area contributed by atoms with E-state index in [1.165, 1.54) is 0 Å². The molecule has 80 valence electrons. The predicted molar refractivity (Wildman–Crippen MR) is 57.6 cm³/mol. The molecular weight excluding hydrogens is 176 g/mol. The molecule has 0 aliphatic carbocycles. The van der Waals surface area contributed by atoms with Crippen LogP contribution in [-0.4, -0.2) is 14.9 Å². The molecule has 0 unspecified atom stereocenters. The van der Waals surface area contributed by atoms with Gasteiger partial charge in [0, 0.05) is 12.0 Å². The first-order valence-corrected chi connectivity index (χ1v) is 5.20. The lowest BCUT2D eigenvalue weighted by molar-refractivity contribution is 0.440. The molecule has 0 saturated heterocycles. The molecule has 1 aromatic rings. The Bertz CT molecular complexity index is 321. The van der Waals surface area contributed by atoms with Gasteiger partial charge in [-0.05, 0) is 13.3 Å². The number of hydrogen-bond acceptors (Lipinski definition) is 2. The van der Waals surface area contributed by atoms with Gasteiger partial charge in [-0.25, -0.2) is 0 Å². The first-order valence-electron chi connectivity index (χ1n) is 5.20. The van der Waals surface area contributed by atoms with Crippen molar-refractivity contribution in [1.82, 2.24) is 9.78 Å². The van der Waals surface area contributed by atoms with E-state index in [-0.39, 0.29) is 5.41 Å². The lowest BCUT2D eigenvalue weighted by Gasteiger charge is -2.14. The average Bonchev–Trinajstić information content (AvgIpc) is 2.40. The highest BCUT2D eigenvalue weighted by atomic mass is 16.3. The first kappa shape index (κ1) is 11.1. The van der Waals surface area contributed by atoms with E-state index in [2.05, 4.69) is 25.9 Å². The fraction of sp³-hybridized carbons (Fsp3) is 0.727. The summed E-state index contributed by atoms with van der Waals surface area (Å²) in [6, 6.07) is 0. The van der Waals surface area contributed by atoms with Crippen molar-refractivity contribution >= 4 is 0 Å². The Labute approximate surface area is 85.8 Å². The minimum absolute atomic E-state index is 0.0889. The highest BCUT2D eigenvalue weighted by Gasteiger charge is 2.25. The molecule has 0 bridgehead atoms. The Hall–Kier alpha value is -0.990. The second kappa shape index (κ2) is 3.64. The number of nitrogens with zero attached hydrogens (tertiary/aromatic N) is 2. The van der Waals surface area contributed by atoms with Crippen LogP contribution in [0.3, 0.4) is 0 Å². The van der Waals surface area contributed by atoms with E-state index in [9.17, 15) is 5.11 Å². The summed E-state index contributed by atoms with van der Waals surface area (Å²) >= 11 is 0. The number of aromatic hydroxyl groups is 1. The maximum atomic E-state index is 9.99. The zero-order valence-electron chi connectivity index (χ0n) is 9.76. The van der Waals surface area contributed by atoms with Gasteiger partial charge in [0.05, 0.1) is 5.69 Å². The summed E-state index contributed by atoms with van der Waals surface area (Å²) in [6.45, 7) is 11.1. The Kier molecular flexibility index (Phi) is 2.88. The van der Waals surface area contributed by atoms with Crippen molar-refractivity contribution in [3.63, 3.8) is 0 Å². The highest BCUT2D eigenvalue weighted by Crippen LogP contribution is 2.32. The molecule has 0 saturated carbocycles. The van der Waals surface area contributed by atoms with Crippen molar-refractivity contribution in [1.29, 1.82) is 0 Å². The van der Waals surface area contributed by atoms with Crippen LogP contribution in [0.5, 0.6) is 5.75 Å². The topological polar surface area (TPSA) is 38.1 Å². The van der Waals surface area contributed by atoms with Crippen LogP contribution in [0.1, 0.15) is 46.0 Å². The molecule has 0 aliphatic rings. The number of rotatable bonds is 2. The molecule has 0 aliphatic heterocycles. The molecular formula is C11H20N2O. The van der Waals surface area contributed by atoms with Gasteiger partial charge in [0.1, 0.15) is 5.69 Å². The van der Waals surface area contributed by atoms with Crippen LogP contribution in [-0.2, 0) is 18.4 Å². The second-order valence-corrected chi connectivity index (χ2v) is 4.56. The molecule has 1 N–H and O–H groups in total. The molecule has 0 amide bonds. The zero-order valence-corrected chi connectivity index (χ0v) is 9.76. The molecule has 0 atom stereocenters. The van der Waals surface area contributed by atoms with Crippen molar-refractivity contribution in [2.24, 2.45) is 0 Å². The monoisotopic (exact) mass is 196 g/mol. The average molecular weight is 196 g/mol. The van der Waals surface area contributed by atoms with Crippen LogP contribution in [0, 0.1) is 0 Å². The summed E-state index contributed by atoms with van der Waals surface area (Å²) < 4.78 is 1.88. The number of aromatic nitrogens is 2. The third-order valence-electron chi connectivity index (χ3n) is 2.37. The minimum atomic E-state index is -0.0889. The lowest BCUT2D eigenvalue weighted by Crippen LogP contribution is -2.13. The molecule has 1 heterocycles. The summed E-state index contributed by atoms with van der Waals surface area (Å²) in [7, 11) is 0. The van der Waals surface area contributed by atoms with Crippen LogP contribution in [0.2, 0.25) is 0 Å². The van der Waals surface area contributed by atoms with E-state index >= 15 is 0 Å². The van der Waals surface area contributed by atoms with Crippen LogP contribution in [0.4, 0.5) is 0 Å². The van der Waals surface area contributed by atoms with Crippen molar-refractivity contribution in [2.45, 2.75) is 53.0 Å². The quantitative estimate of drug-likeness (QED) is 0.789. The SMILES string of the molecule is CCc1c(O)c(C(C)(C)C)nn1CC. The molecule has 1 aromatic heterocycles. The maximum Gasteiger partial charge on any atom is 0.160 e. The molecule has 3 heteroatoms. The molecule has 3 nitrogen and oxygen atoms in total. The van der Waals surface area contributed by atoms with E-state index in [1.807, 2.05) is 18.5 Å². The van der Waals surface area contributed by atoms with Gasteiger partial charge >= 0.3 is 0 Å². The Morgan fingerprint density at radius 1 is 1.29 bits per heavy atom. The van der Waals surface area contributed by atoms with Crippen molar-refractivity contribution in [3.8, 4) is 5.75 Å². The van der Waals surface area contributed by atoms with Crippen LogP contribution in [0.15, 0.2) is 0 Å². The summed E-state index contributed by atoms with van der Waals surface area (Å²) in [5, 5.41) is 14.4. The number of aryl methyl sites for hydroxylation is 1. The normalized spacial score (nSPS) is 12.1. The van der Waals surface area contributed by atoms with Gasteiger partial charge in [0.25, 0.3) is 0 Å². The second-order valence-electron chi connectivity index (χ2n) is 4.56. The van der Waals surface area contributed by atoms with Crippen molar-refractivity contribution in [3.05, 3.63) is 11.4 Å². The van der Waals surface area contributed by atoms with Crippen molar-refractivity contribution < 1.29 is 5.11 Å². The molecule has 0 spiro atoms. The maximum absolute atomic E-state index is 9.99. The molecule has 14 heavy (non-hydrogen) atoms. The largest absolute Gasteiger partial charge is 0.504 e. The first-order chi connectivity index (χ1) is 6.41. The summed E-state index contributed by atoms with van der Waals surface area (Å²) in [6.07, 6.45) is 0.822. The Morgan fingerprint density at radius 2 is 1.86 bits per heavy atom. The fourth-order valence-corrected chi connectivity index (χ4v) is 1.60.